The zero-order valence-electron chi connectivity index (χ0n) is 11.0. The topological polar surface area (TPSA) is 83.6 Å². The largest absolute Gasteiger partial charge is 0.308 e. The van der Waals surface area contributed by atoms with Crippen molar-refractivity contribution in [1.82, 2.24) is 25.7 Å². The average molecular weight is 279 g/mol. The summed E-state index contributed by atoms with van der Waals surface area (Å²) in [5, 5.41) is 19.8. The molecule has 1 unspecified atom stereocenters. The Morgan fingerprint density at radius 3 is 2.84 bits per heavy atom. The van der Waals surface area contributed by atoms with Crippen LogP contribution in [0.25, 0.3) is 10.7 Å². The maximum atomic E-state index is 11.0. The number of nitrogens with one attached hydrogen (secondary N) is 2. The number of aromatic amines is 1. The van der Waals surface area contributed by atoms with E-state index >= 15 is 0 Å². The summed E-state index contributed by atoms with van der Waals surface area (Å²) >= 11 is 1.51. The summed E-state index contributed by atoms with van der Waals surface area (Å²) in [5.74, 6) is 0. The lowest BCUT2D eigenvalue weighted by atomic mass is 10.2. The Bertz CT molecular complexity index is 559. The lowest BCUT2D eigenvalue weighted by Gasteiger charge is -2.12. The molecule has 0 spiro atoms. The molecular weight excluding hydrogens is 262 g/mol. The Morgan fingerprint density at radius 1 is 1.37 bits per heavy atom. The Hall–Kier alpha value is -1.60. The highest BCUT2D eigenvalue weighted by Gasteiger charge is 2.15. The first-order valence-corrected chi connectivity index (χ1v) is 7.19. The van der Waals surface area contributed by atoms with Gasteiger partial charge < -0.3 is 5.32 Å². The van der Waals surface area contributed by atoms with E-state index in [1.807, 2.05) is 0 Å². The van der Waals surface area contributed by atoms with Crippen LogP contribution in [0.15, 0.2) is 16.9 Å². The Kier molecular flexibility index (Phi) is 4.75. The number of aromatic nitrogens is 4. The molecule has 19 heavy (non-hydrogen) atoms. The molecule has 0 saturated heterocycles. The molecule has 102 valence electrons. The molecule has 0 radical (unpaired) electrons. The van der Waals surface area contributed by atoms with Gasteiger partial charge in [0, 0.05) is 6.07 Å². The third-order valence-corrected chi connectivity index (χ3v) is 3.75. The molecule has 0 saturated carbocycles. The molecule has 0 aliphatic rings. The fraction of sp³-hybridized carbons (Fsp3) is 0.500. The van der Waals surface area contributed by atoms with Gasteiger partial charge in [0.2, 0.25) is 0 Å². The van der Waals surface area contributed by atoms with Crippen molar-refractivity contribution in [2.45, 2.75) is 32.7 Å². The molecule has 7 heteroatoms. The first-order valence-electron chi connectivity index (χ1n) is 6.37. The summed E-state index contributed by atoms with van der Waals surface area (Å²) < 4.78 is 0. The van der Waals surface area contributed by atoms with Gasteiger partial charge in [0.25, 0.3) is 5.56 Å². The molecule has 0 fully saturated rings. The maximum absolute atomic E-state index is 11.0. The van der Waals surface area contributed by atoms with Crippen molar-refractivity contribution in [3.8, 4) is 10.7 Å². The summed E-state index contributed by atoms with van der Waals surface area (Å²) in [5.41, 5.74) is 0.429. The van der Waals surface area contributed by atoms with E-state index in [2.05, 4.69) is 39.6 Å². The van der Waals surface area contributed by atoms with Gasteiger partial charge in [-0.1, -0.05) is 25.2 Å². The van der Waals surface area contributed by atoms with Gasteiger partial charge in [0.05, 0.1) is 6.04 Å². The van der Waals surface area contributed by atoms with Crippen LogP contribution in [0.3, 0.4) is 0 Å². The highest BCUT2D eigenvalue weighted by molar-refractivity contribution is 7.14. The number of nitrogens with zero attached hydrogens (tertiary/aromatic N) is 3. The van der Waals surface area contributed by atoms with Gasteiger partial charge in [0.1, 0.15) is 10.7 Å². The SMILES string of the molecule is CCCNC(CC)c1nnc(-c2ccc(=O)[nH]n2)s1. The maximum Gasteiger partial charge on any atom is 0.264 e. The van der Waals surface area contributed by atoms with Crippen LogP contribution in [0.4, 0.5) is 0 Å². The summed E-state index contributed by atoms with van der Waals surface area (Å²) in [4.78, 5) is 11.0. The average Bonchev–Trinajstić information content (AvgIpc) is 2.90. The first kappa shape index (κ1) is 13.8. The van der Waals surface area contributed by atoms with E-state index in [1.54, 1.807) is 6.07 Å². The Labute approximate surface area is 115 Å². The summed E-state index contributed by atoms with van der Waals surface area (Å²) in [6.45, 7) is 5.21. The molecule has 2 heterocycles. The van der Waals surface area contributed by atoms with E-state index in [0.717, 1.165) is 29.4 Å². The standard InChI is InChI=1S/C12H17N5OS/c1-3-7-13-8(4-2)11-16-17-12(19-11)9-5-6-10(18)15-14-9/h5-6,8,13H,3-4,7H2,1-2H3,(H,15,18). The van der Waals surface area contributed by atoms with Crippen LogP contribution < -0.4 is 10.9 Å². The van der Waals surface area contributed by atoms with Gasteiger partial charge in [-0.3, -0.25) is 4.79 Å². The normalized spacial score (nSPS) is 12.5. The quantitative estimate of drug-likeness (QED) is 0.841. The van der Waals surface area contributed by atoms with Crippen LogP contribution in [0.5, 0.6) is 0 Å². The smallest absolute Gasteiger partial charge is 0.264 e. The minimum Gasteiger partial charge on any atom is -0.308 e. The van der Waals surface area contributed by atoms with Crippen molar-refractivity contribution in [2.75, 3.05) is 6.54 Å². The number of hydrogen-bond acceptors (Lipinski definition) is 6. The minimum atomic E-state index is -0.218. The number of rotatable bonds is 6. The predicted molar refractivity (Wildman–Crippen MR) is 75.1 cm³/mol. The highest BCUT2D eigenvalue weighted by Crippen LogP contribution is 2.26. The summed E-state index contributed by atoms with van der Waals surface area (Å²) in [6.07, 6.45) is 2.05. The van der Waals surface area contributed by atoms with Crippen molar-refractivity contribution in [1.29, 1.82) is 0 Å². The molecule has 2 aromatic heterocycles. The first-order chi connectivity index (χ1) is 9.24. The molecule has 0 aliphatic carbocycles. The van der Waals surface area contributed by atoms with Crippen molar-refractivity contribution < 1.29 is 0 Å². The van der Waals surface area contributed by atoms with Crippen LogP contribution in [0, 0.1) is 0 Å². The van der Waals surface area contributed by atoms with Crippen LogP contribution in [-0.4, -0.2) is 26.9 Å². The summed E-state index contributed by atoms with van der Waals surface area (Å²) in [7, 11) is 0. The predicted octanol–water partition coefficient (Wildman–Crippen LogP) is 1.74. The Morgan fingerprint density at radius 2 is 2.21 bits per heavy atom. The fourth-order valence-electron chi connectivity index (χ4n) is 1.67. The van der Waals surface area contributed by atoms with Gasteiger partial charge in [-0.2, -0.15) is 5.10 Å². The zero-order valence-corrected chi connectivity index (χ0v) is 11.8. The minimum absolute atomic E-state index is 0.218. The van der Waals surface area contributed by atoms with E-state index in [-0.39, 0.29) is 11.6 Å². The third kappa shape index (κ3) is 3.45. The molecule has 6 nitrogen and oxygen atoms in total. The Balaban J connectivity index is 2.17. The van der Waals surface area contributed by atoms with Gasteiger partial charge in [0.15, 0.2) is 5.01 Å². The number of hydrogen-bond donors (Lipinski definition) is 2. The van der Waals surface area contributed by atoms with Crippen molar-refractivity contribution in [2.24, 2.45) is 0 Å². The molecule has 2 N–H and O–H groups in total. The molecule has 2 rings (SSSR count). The monoisotopic (exact) mass is 279 g/mol. The van der Waals surface area contributed by atoms with Gasteiger partial charge in [-0.25, -0.2) is 5.10 Å². The number of H-pyrrole nitrogens is 1. The molecule has 0 aliphatic heterocycles. The van der Waals surface area contributed by atoms with Crippen molar-refractivity contribution in [3.63, 3.8) is 0 Å². The van der Waals surface area contributed by atoms with E-state index < -0.39 is 0 Å². The second-order valence-electron chi connectivity index (χ2n) is 4.17. The van der Waals surface area contributed by atoms with E-state index in [0.29, 0.717) is 5.69 Å². The van der Waals surface area contributed by atoms with E-state index in [1.165, 1.54) is 17.4 Å². The molecule has 1 atom stereocenters. The molecular formula is C12H17N5OS. The van der Waals surface area contributed by atoms with Crippen molar-refractivity contribution in [3.05, 3.63) is 27.5 Å². The second-order valence-corrected chi connectivity index (χ2v) is 5.18. The zero-order chi connectivity index (χ0) is 13.7. The van der Waals surface area contributed by atoms with Crippen molar-refractivity contribution >= 4 is 11.3 Å². The third-order valence-electron chi connectivity index (χ3n) is 2.69. The highest BCUT2D eigenvalue weighted by atomic mass is 32.1. The lowest BCUT2D eigenvalue weighted by Crippen LogP contribution is -2.21. The molecule has 2 aromatic rings. The second kappa shape index (κ2) is 6.53. The van der Waals surface area contributed by atoms with Crippen LogP contribution >= 0.6 is 11.3 Å². The van der Waals surface area contributed by atoms with Crippen LogP contribution in [-0.2, 0) is 0 Å². The van der Waals surface area contributed by atoms with Gasteiger partial charge in [-0.15, -0.1) is 10.2 Å². The van der Waals surface area contributed by atoms with Gasteiger partial charge >= 0.3 is 0 Å². The van der Waals surface area contributed by atoms with Crippen LogP contribution in [0.1, 0.15) is 37.7 Å². The molecule has 0 aromatic carbocycles. The van der Waals surface area contributed by atoms with E-state index in [4.69, 9.17) is 0 Å². The summed E-state index contributed by atoms with van der Waals surface area (Å²) in [6, 6.07) is 3.33. The molecule has 0 amide bonds. The molecule has 0 bridgehead atoms. The van der Waals surface area contributed by atoms with Crippen LogP contribution in [0.2, 0.25) is 0 Å². The lowest BCUT2D eigenvalue weighted by molar-refractivity contribution is 0.513. The van der Waals surface area contributed by atoms with E-state index in [9.17, 15) is 4.79 Å². The fourth-order valence-corrected chi connectivity index (χ4v) is 2.64. The van der Waals surface area contributed by atoms with Gasteiger partial charge in [-0.05, 0) is 25.5 Å².